The molecule has 27 heavy (non-hydrogen) atoms. The average Bonchev–Trinajstić information content (AvgIpc) is 3.16. The molecular formula is C20H24N6O. The number of ether oxygens (including phenoxy) is 1. The van der Waals surface area contributed by atoms with Crippen LogP contribution < -0.4 is 15.8 Å². The first-order chi connectivity index (χ1) is 13.0. The van der Waals surface area contributed by atoms with E-state index in [0.29, 0.717) is 30.1 Å². The Bertz CT molecular complexity index is 914. The zero-order valence-corrected chi connectivity index (χ0v) is 15.7. The summed E-state index contributed by atoms with van der Waals surface area (Å²) < 4.78 is 5.16. The minimum atomic E-state index is 0.311. The molecule has 3 rings (SSSR count). The van der Waals surface area contributed by atoms with E-state index in [1.807, 2.05) is 36.4 Å². The zero-order chi connectivity index (χ0) is 19.2. The number of hydrogen-bond donors (Lipinski definition) is 3. The van der Waals surface area contributed by atoms with Crippen molar-refractivity contribution in [2.75, 3.05) is 12.4 Å². The van der Waals surface area contributed by atoms with Gasteiger partial charge in [-0.1, -0.05) is 26.0 Å². The summed E-state index contributed by atoms with van der Waals surface area (Å²) in [6.07, 6.45) is 0. The van der Waals surface area contributed by atoms with Crippen molar-refractivity contribution < 1.29 is 4.74 Å². The second-order valence-electron chi connectivity index (χ2n) is 6.44. The maximum Gasteiger partial charge on any atom is 0.193 e. The van der Waals surface area contributed by atoms with Gasteiger partial charge in [-0.05, 0) is 47.9 Å². The smallest absolute Gasteiger partial charge is 0.193 e. The highest BCUT2D eigenvalue weighted by Gasteiger charge is 2.06. The number of aromatic amines is 1. The highest BCUT2D eigenvalue weighted by atomic mass is 16.5. The molecule has 0 aliphatic carbocycles. The number of anilines is 1. The number of methoxy groups -OCH3 is 1. The van der Waals surface area contributed by atoms with Crippen molar-refractivity contribution in [2.24, 2.45) is 10.7 Å². The molecule has 2 aromatic carbocycles. The summed E-state index contributed by atoms with van der Waals surface area (Å²) in [5, 5.41) is 10.2. The second kappa shape index (κ2) is 8.35. The van der Waals surface area contributed by atoms with Crippen LogP contribution in [0.4, 0.5) is 5.69 Å². The average molecular weight is 364 g/mol. The van der Waals surface area contributed by atoms with Gasteiger partial charge < -0.3 is 15.8 Å². The van der Waals surface area contributed by atoms with E-state index in [4.69, 9.17) is 10.5 Å². The van der Waals surface area contributed by atoms with Crippen molar-refractivity contribution in [3.8, 4) is 17.1 Å². The number of nitrogens with zero attached hydrogens (tertiary/aromatic N) is 3. The summed E-state index contributed by atoms with van der Waals surface area (Å²) in [6, 6.07) is 15.7. The van der Waals surface area contributed by atoms with Crippen molar-refractivity contribution in [3.05, 3.63) is 59.9 Å². The molecule has 0 amide bonds. The lowest BCUT2D eigenvalue weighted by molar-refractivity contribution is 0.415. The first-order valence-corrected chi connectivity index (χ1v) is 8.77. The Morgan fingerprint density at radius 1 is 1.22 bits per heavy atom. The molecule has 0 unspecified atom stereocenters. The van der Waals surface area contributed by atoms with Crippen molar-refractivity contribution in [1.82, 2.24) is 15.2 Å². The summed E-state index contributed by atoms with van der Waals surface area (Å²) in [7, 11) is 1.63. The van der Waals surface area contributed by atoms with Gasteiger partial charge in [-0.25, -0.2) is 9.98 Å². The molecule has 0 fully saturated rings. The third kappa shape index (κ3) is 4.84. The van der Waals surface area contributed by atoms with E-state index in [9.17, 15) is 0 Å². The molecule has 0 spiro atoms. The third-order valence-electron chi connectivity index (χ3n) is 4.10. The number of benzene rings is 2. The number of aliphatic imine (C=N–C) groups is 1. The Morgan fingerprint density at radius 3 is 2.70 bits per heavy atom. The third-order valence-corrected chi connectivity index (χ3v) is 4.10. The van der Waals surface area contributed by atoms with E-state index in [0.717, 1.165) is 17.0 Å². The molecule has 0 bridgehead atoms. The van der Waals surface area contributed by atoms with Gasteiger partial charge in [0.15, 0.2) is 11.8 Å². The molecule has 7 heteroatoms. The van der Waals surface area contributed by atoms with Gasteiger partial charge in [-0.3, -0.25) is 5.10 Å². The van der Waals surface area contributed by atoms with Gasteiger partial charge in [0.1, 0.15) is 18.1 Å². The quantitative estimate of drug-likeness (QED) is 0.459. The molecule has 3 aromatic rings. The lowest BCUT2D eigenvalue weighted by Crippen LogP contribution is -2.22. The number of rotatable bonds is 6. The van der Waals surface area contributed by atoms with E-state index in [1.54, 1.807) is 7.11 Å². The van der Waals surface area contributed by atoms with Crippen LogP contribution in [0, 0.1) is 0 Å². The summed E-state index contributed by atoms with van der Waals surface area (Å²) >= 11 is 0. The molecule has 0 saturated carbocycles. The summed E-state index contributed by atoms with van der Waals surface area (Å²) in [5.41, 5.74) is 9.05. The highest BCUT2D eigenvalue weighted by molar-refractivity contribution is 5.92. The maximum atomic E-state index is 5.99. The number of H-pyrrole nitrogens is 1. The minimum absolute atomic E-state index is 0.311. The Hall–Kier alpha value is -3.35. The van der Waals surface area contributed by atoms with Crippen molar-refractivity contribution in [1.29, 1.82) is 0 Å². The summed E-state index contributed by atoms with van der Waals surface area (Å²) in [6.45, 7) is 4.62. The van der Waals surface area contributed by atoms with Gasteiger partial charge in [-0.2, -0.15) is 5.10 Å². The zero-order valence-electron chi connectivity index (χ0n) is 15.7. The Labute approximate surface area is 158 Å². The fourth-order valence-corrected chi connectivity index (χ4v) is 2.56. The Morgan fingerprint density at radius 2 is 2.00 bits per heavy atom. The van der Waals surface area contributed by atoms with Gasteiger partial charge in [0, 0.05) is 11.3 Å². The van der Waals surface area contributed by atoms with Crippen LogP contribution in [0.15, 0.2) is 53.5 Å². The van der Waals surface area contributed by atoms with Gasteiger partial charge in [0.05, 0.1) is 7.11 Å². The van der Waals surface area contributed by atoms with Crippen molar-refractivity contribution in [2.45, 2.75) is 26.3 Å². The van der Waals surface area contributed by atoms with Crippen LogP contribution in [0.5, 0.6) is 5.75 Å². The van der Waals surface area contributed by atoms with E-state index >= 15 is 0 Å². The highest BCUT2D eigenvalue weighted by Crippen LogP contribution is 2.20. The summed E-state index contributed by atoms with van der Waals surface area (Å²) in [5.74, 6) is 2.83. The molecule has 1 heterocycles. The molecule has 0 saturated heterocycles. The van der Waals surface area contributed by atoms with Crippen LogP contribution in [0.1, 0.15) is 31.2 Å². The predicted octanol–water partition coefficient (Wildman–Crippen LogP) is 3.53. The van der Waals surface area contributed by atoms with Crippen LogP contribution in [0.25, 0.3) is 11.4 Å². The molecule has 1 aromatic heterocycles. The Balaban J connectivity index is 1.63. The fraction of sp³-hybridized carbons (Fsp3) is 0.250. The predicted molar refractivity (Wildman–Crippen MR) is 108 cm³/mol. The Kier molecular flexibility index (Phi) is 5.71. The van der Waals surface area contributed by atoms with E-state index in [2.05, 4.69) is 51.5 Å². The molecule has 7 nitrogen and oxygen atoms in total. The van der Waals surface area contributed by atoms with Crippen LogP contribution in [-0.2, 0) is 6.54 Å². The van der Waals surface area contributed by atoms with Crippen molar-refractivity contribution in [3.63, 3.8) is 0 Å². The van der Waals surface area contributed by atoms with Gasteiger partial charge in [-0.15, -0.1) is 0 Å². The molecule has 0 aliphatic rings. The van der Waals surface area contributed by atoms with Crippen LogP contribution in [0.2, 0.25) is 0 Å². The maximum absolute atomic E-state index is 5.99. The first-order valence-electron chi connectivity index (χ1n) is 8.77. The number of hydrogen-bond acceptors (Lipinski definition) is 4. The van der Waals surface area contributed by atoms with Crippen LogP contribution >= 0.6 is 0 Å². The summed E-state index contributed by atoms with van der Waals surface area (Å²) in [4.78, 5) is 8.78. The van der Waals surface area contributed by atoms with Crippen LogP contribution in [0.3, 0.4) is 0 Å². The number of aromatic nitrogens is 3. The minimum Gasteiger partial charge on any atom is -0.497 e. The second-order valence-corrected chi connectivity index (χ2v) is 6.44. The lowest BCUT2D eigenvalue weighted by Gasteiger charge is -2.09. The molecule has 0 radical (unpaired) electrons. The largest absolute Gasteiger partial charge is 0.497 e. The molecule has 0 aliphatic heterocycles. The number of guanidine groups is 1. The van der Waals surface area contributed by atoms with E-state index in [-0.39, 0.29) is 0 Å². The number of nitrogens with one attached hydrogen (secondary N) is 2. The normalized spacial score (nSPS) is 11.6. The molecular weight excluding hydrogens is 340 g/mol. The number of nitrogens with two attached hydrogens (primary N) is 1. The van der Waals surface area contributed by atoms with E-state index in [1.165, 1.54) is 5.56 Å². The van der Waals surface area contributed by atoms with E-state index < -0.39 is 0 Å². The van der Waals surface area contributed by atoms with Gasteiger partial charge in [0.2, 0.25) is 0 Å². The molecule has 0 atom stereocenters. The molecule has 140 valence electrons. The standard InChI is InChI=1S/C20H24N6O/c1-13(2)15-5-4-6-16(11-15)23-20(21)22-12-18-24-19(26-25-18)14-7-9-17(27-3)10-8-14/h4-11,13H,12H2,1-3H3,(H3,21,22,23)(H,24,25,26). The topological polar surface area (TPSA) is 101 Å². The lowest BCUT2D eigenvalue weighted by atomic mass is 10.0. The van der Waals surface area contributed by atoms with Gasteiger partial charge >= 0.3 is 0 Å². The van der Waals surface area contributed by atoms with Gasteiger partial charge in [0.25, 0.3) is 0 Å². The fourth-order valence-electron chi connectivity index (χ4n) is 2.56. The monoisotopic (exact) mass is 364 g/mol. The van der Waals surface area contributed by atoms with Crippen LogP contribution in [-0.4, -0.2) is 28.3 Å². The SMILES string of the molecule is COc1ccc(-c2n[nH]c(CN=C(N)Nc3cccc(C(C)C)c3)n2)cc1. The molecule has 4 N–H and O–H groups in total. The van der Waals surface area contributed by atoms with Crippen molar-refractivity contribution >= 4 is 11.6 Å². The first kappa shape index (κ1) is 18.4.